The molecule has 2 aromatic carbocycles. The Morgan fingerprint density at radius 2 is 1.88 bits per heavy atom. The predicted octanol–water partition coefficient (Wildman–Crippen LogP) is 2.86. The number of hydrogen-bond acceptors (Lipinski definition) is 4. The van der Waals surface area contributed by atoms with Gasteiger partial charge in [-0.25, -0.2) is 4.79 Å². The van der Waals surface area contributed by atoms with Crippen LogP contribution < -0.4 is 10.7 Å². The van der Waals surface area contributed by atoms with E-state index >= 15 is 0 Å². The molecule has 5 nitrogen and oxygen atoms in total. The van der Waals surface area contributed by atoms with Crippen LogP contribution in [0, 0.1) is 0 Å². The van der Waals surface area contributed by atoms with Gasteiger partial charge in [-0.2, -0.15) is 5.10 Å². The van der Waals surface area contributed by atoms with Gasteiger partial charge in [-0.1, -0.05) is 42.5 Å². The zero-order valence-corrected chi connectivity index (χ0v) is 14.2. The first-order chi connectivity index (χ1) is 11.7. The predicted molar refractivity (Wildman–Crippen MR) is 99.0 cm³/mol. The van der Waals surface area contributed by atoms with Crippen molar-refractivity contribution in [1.29, 1.82) is 0 Å². The molecule has 2 aromatic rings. The van der Waals surface area contributed by atoms with Crippen molar-refractivity contribution in [2.45, 2.75) is 13.5 Å². The highest BCUT2D eigenvalue weighted by Gasteiger charge is 2.05. The van der Waals surface area contributed by atoms with Crippen LogP contribution >= 0.6 is 12.2 Å². The van der Waals surface area contributed by atoms with Crippen LogP contribution in [0.15, 0.2) is 59.7 Å². The molecule has 0 aromatic heterocycles. The van der Waals surface area contributed by atoms with Gasteiger partial charge in [0.2, 0.25) is 0 Å². The number of hydrogen-bond donors (Lipinski definition) is 2. The van der Waals surface area contributed by atoms with Gasteiger partial charge in [-0.05, 0) is 42.4 Å². The highest BCUT2D eigenvalue weighted by atomic mass is 32.1. The van der Waals surface area contributed by atoms with Crippen molar-refractivity contribution in [1.82, 2.24) is 10.7 Å². The average Bonchev–Trinajstić information content (AvgIpc) is 2.61. The van der Waals surface area contributed by atoms with Crippen LogP contribution in [0.5, 0.6) is 0 Å². The van der Waals surface area contributed by atoms with Gasteiger partial charge in [0.1, 0.15) is 0 Å². The molecule has 2 rings (SSSR count). The average molecular weight is 341 g/mol. The fourth-order valence-corrected chi connectivity index (χ4v) is 2.02. The van der Waals surface area contributed by atoms with Gasteiger partial charge in [0.25, 0.3) is 0 Å². The zero-order chi connectivity index (χ0) is 17.2. The molecule has 0 amide bonds. The van der Waals surface area contributed by atoms with Crippen molar-refractivity contribution in [3.8, 4) is 0 Å². The second-order valence-electron chi connectivity index (χ2n) is 4.88. The lowest BCUT2D eigenvalue weighted by atomic mass is 10.1. The minimum atomic E-state index is -0.315. The van der Waals surface area contributed by atoms with Crippen molar-refractivity contribution in [2.24, 2.45) is 5.10 Å². The summed E-state index contributed by atoms with van der Waals surface area (Å²) in [6, 6.07) is 16.9. The molecular formula is C18H19N3O2S. The van der Waals surface area contributed by atoms with Crippen molar-refractivity contribution in [2.75, 3.05) is 6.61 Å². The normalized spacial score (nSPS) is 10.4. The second-order valence-corrected chi connectivity index (χ2v) is 5.29. The van der Waals surface area contributed by atoms with Crippen molar-refractivity contribution in [3.05, 3.63) is 71.3 Å². The van der Waals surface area contributed by atoms with E-state index in [0.717, 1.165) is 11.1 Å². The van der Waals surface area contributed by atoms with Gasteiger partial charge in [0.05, 0.1) is 18.4 Å². The Hall–Kier alpha value is -2.73. The smallest absolute Gasteiger partial charge is 0.338 e. The molecule has 0 aliphatic carbocycles. The summed E-state index contributed by atoms with van der Waals surface area (Å²) in [5.41, 5.74) is 5.29. The summed E-state index contributed by atoms with van der Waals surface area (Å²) in [5.74, 6) is -0.315. The van der Waals surface area contributed by atoms with Gasteiger partial charge in [-0.15, -0.1) is 0 Å². The number of nitrogens with zero attached hydrogens (tertiary/aromatic N) is 1. The van der Waals surface area contributed by atoms with E-state index < -0.39 is 0 Å². The molecule has 0 aliphatic heterocycles. The van der Waals surface area contributed by atoms with Crippen LogP contribution in [0.4, 0.5) is 0 Å². The molecule has 0 radical (unpaired) electrons. The maximum Gasteiger partial charge on any atom is 0.338 e. The number of thiocarbonyl (C=S) groups is 1. The van der Waals surface area contributed by atoms with Gasteiger partial charge < -0.3 is 10.1 Å². The van der Waals surface area contributed by atoms with Crippen LogP contribution in [0.1, 0.15) is 28.4 Å². The molecule has 0 saturated carbocycles. The molecule has 0 atom stereocenters. The molecule has 24 heavy (non-hydrogen) atoms. The van der Waals surface area contributed by atoms with E-state index in [4.69, 9.17) is 17.0 Å². The summed E-state index contributed by atoms with van der Waals surface area (Å²) in [4.78, 5) is 11.6. The Kier molecular flexibility index (Phi) is 6.91. The highest BCUT2D eigenvalue weighted by molar-refractivity contribution is 7.80. The maximum atomic E-state index is 11.6. The van der Waals surface area contributed by atoms with Crippen molar-refractivity contribution < 1.29 is 9.53 Å². The lowest BCUT2D eigenvalue weighted by Crippen LogP contribution is -2.31. The lowest BCUT2D eigenvalue weighted by Gasteiger charge is -2.08. The number of carbonyl (C=O) groups excluding carboxylic acids is 1. The number of ether oxygens (including phenoxy) is 1. The van der Waals surface area contributed by atoms with Crippen molar-refractivity contribution >= 4 is 29.5 Å². The Morgan fingerprint density at radius 1 is 1.17 bits per heavy atom. The molecule has 0 aliphatic rings. The van der Waals surface area contributed by atoms with Crippen LogP contribution in [0.25, 0.3) is 0 Å². The monoisotopic (exact) mass is 341 g/mol. The molecule has 0 bridgehead atoms. The van der Waals surface area contributed by atoms with Gasteiger partial charge in [0, 0.05) is 6.54 Å². The summed E-state index contributed by atoms with van der Waals surface area (Å²) in [6.07, 6.45) is 1.70. The molecular weight excluding hydrogens is 322 g/mol. The zero-order valence-electron chi connectivity index (χ0n) is 13.4. The fraction of sp³-hybridized carbons (Fsp3) is 0.167. The first kappa shape index (κ1) is 17.6. The molecule has 0 heterocycles. The quantitative estimate of drug-likeness (QED) is 0.366. The minimum absolute atomic E-state index is 0.315. The Morgan fingerprint density at radius 3 is 2.54 bits per heavy atom. The molecule has 0 unspecified atom stereocenters. The van der Waals surface area contributed by atoms with Crippen LogP contribution in [-0.4, -0.2) is 23.9 Å². The lowest BCUT2D eigenvalue weighted by molar-refractivity contribution is 0.0526. The topological polar surface area (TPSA) is 62.7 Å². The van der Waals surface area contributed by atoms with E-state index in [9.17, 15) is 4.79 Å². The van der Waals surface area contributed by atoms with Crippen molar-refractivity contribution in [3.63, 3.8) is 0 Å². The first-order valence-electron chi connectivity index (χ1n) is 7.57. The molecule has 0 spiro atoms. The third-order valence-corrected chi connectivity index (χ3v) is 3.33. The summed E-state index contributed by atoms with van der Waals surface area (Å²) in [5, 5.41) is 7.55. The van der Waals surface area contributed by atoms with E-state index in [-0.39, 0.29) is 5.97 Å². The third kappa shape index (κ3) is 5.81. The molecule has 6 heteroatoms. The summed E-state index contributed by atoms with van der Waals surface area (Å²) >= 11 is 5.16. The largest absolute Gasteiger partial charge is 0.462 e. The Labute approximate surface area is 146 Å². The Bertz CT molecular complexity index is 700. The summed E-state index contributed by atoms with van der Waals surface area (Å²) < 4.78 is 4.95. The highest BCUT2D eigenvalue weighted by Crippen LogP contribution is 2.06. The van der Waals surface area contributed by atoms with E-state index in [0.29, 0.717) is 23.8 Å². The van der Waals surface area contributed by atoms with Gasteiger partial charge >= 0.3 is 5.97 Å². The second kappa shape index (κ2) is 9.42. The van der Waals surface area contributed by atoms with E-state index in [1.807, 2.05) is 42.5 Å². The van der Waals surface area contributed by atoms with Crippen LogP contribution in [0.2, 0.25) is 0 Å². The SMILES string of the molecule is CCOC(=O)c1ccc(CNC(=S)NN=Cc2ccccc2)cc1. The summed E-state index contributed by atoms with van der Waals surface area (Å²) in [7, 11) is 0. The van der Waals surface area contributed by atoms with E-state index in [2.05, 4.69) is 15.8 Å². The Balaban J connectivity index is 1.77. The molecule has 0 fully saturated rings. The van der Waals surface area contributed by atoms with Crippen LogP contribution in [0.3, 0.4) is 0 Å². The summed E-state index contributed by atoms with van der Waals surface area (Å²) in [6.45, 7) is 2.69. The van der Waals surface area contributed by atoms with Gasteiger partial charge in [0.15, 0.2) is 5.11 Å². The minimum Gasteiger partial charge on any atom is -0.462 e. The number of nitrogens with one attached hydrogen (secondary N) is 2. The number of hydrazone groups is 1. The van der Waals surface area contributed by atoms with Gasteiger partial charge in [-0.3, -0.25) is 5.43 Å². The van der Waals surface area contributed by atoms with Crippen LogP contribution in [-0.2, 0) is 11.3 Å². The number of esters is 1. The number of benzene rings is 2. The standard InChI is InChI=1S/C18H19N3O2S/c1-2-23-17(22)16-10-8-15(9-11-16)12-19-18(24)21-20-13-14-6-4-3-5-7-14/h3-11,13H,2,12H2,1H3,(H2,19,21,24). The molecule has 2 N–H and O–H groups in total. The molecule has 124 valence electrons. The number of carbonyl (C=O) groups is 1. The third-order valence-electron chi connectivity index (χ3n) is 3.10. The fourth-order valence-electron chi connectivity index (χ4n) is 1.90. The van der Waals surface area contributed by atoms with E-state index in [1.165, 1.54) is 0 Å². The number of rotatable bonds is 6. The maximum absolute atomic E-state index is 11.6. The molecule has 0 saturated heterocycles. The van der Waals surface area contributed by atoms with E-state index in [1.54, 1.807) is 25.3 Å². The first-order valence-corrected chi connectivity index (χ1v) is 7.98.